The summed E-state index contributed by atoms with van der Waals surface area (Å²) in [7, 11) is 1.62. The van der Waals surface area contributed by atoms with Crippen molar-refractivity contribution in [3.63, 3.8) is 0 Å². The van der Waals surface area contributed by atoms with Gasteiger partial charge in [0.25, 0.3) is 0 Å². The number of hydrogen-bond donors (Lipinski definition) is 3. The van der Waals surface area contributed by atoms with E-state index in [0.29, 0.717) is 5.70 Å². The Morgan fingerprint density at radius 2 is 2.14 bits per heavy atom. The molecule has 0 bridgehead atoms. The van der Waals surface area contributed by atoms with Crippen LogP contribution in [0.1, 0.15) is 13.8 Å². The lowest BCUT2D eigenvalue weighted by Crippen LogP contribution is -2.55. The number of hydrogen-bond acceptors (Lipinski definition) is 3. The fraction of sp³-hybridized carbons (Fsp3) is 0.500. The molecule has 0 saturated carbocycles. The minimum Gasteiger partial charge on any atom is -0.478 e. The highest BCUT2D eigenvalue weighted by molar-refractivity contribution is 5.93. The summed E-state index contributed by atoms with van der Waals surface area (Å²) in [5, 5.41) is 17.7. The molecule has 1 atom stereocenters. The molecular weight excluding hydrogens is 184 g/mol. The monoisotopic (exact) mass is 198 g/mol. The number of nitrogens with zero attached hydrogens (tertiary/aromatic N) is 2. The molecule has 0 unspecified atom stereocenters. The van der Waals surface area contributed by atoms with Gasteiger partial charge >= 0.3 is 5.97 Å². The fourth-order valence-corrected chi connectivity index (χ4v) is 1.47. The zero-order valence-electron chi connectivity index (χ0n) is 8.40. The van der Waals surface area contributed by atoms with Gasteiger partial charge in [-0.1, -0.05) is 0 Å². The Bertz CT molecular complexity index is 323. The van der Waals surface area contributed by atoms with Crippen LogP contribution in [0, 0.1) is 5.41 Å². The lowest BCUT2D eigenvalue weighted by Gasteiger charge is -2.38. The van der Waals surface area contributed by atoms with Crippen molar-refractivity contribution in [2.45, 2.75) is 19.9 Å². The van der Waals surface area contributed by atoms with E-state index in [1.807, 2.05) is 0 Å². The van der Waals surface area contributed by atoms with Crippen molar-refractivity contribution in [2.24, 2.45) is 5.84 Å². The van der Waals surface area contributed by atoms with Gasteiger partial charge in [0.1, 0.15) is 0 Å². The molecule has 14 heavy (non-hydrogen) atoms. The van der Waals surface area contributed by atoms with E-state index < -0.39 is 12.0 Å². The molecule has 0 radical (unpaired) electrons. The maximum Gasteiger partial charge on any atom is 0.335 e. The van der Waals surface area contributed by atoms with E-state index in [1.165, 1.54) is 4.90 Å². The highest BCUT2D eigenvalue weighted by Gasteiger charge is 2.33. The first-order valence-corrected chi connectivity index (χ1v) is 4.18. The summed E-state index contributed by atoms with van der Waals surface area (Å²) in [6.07, 6.45) is 0. The number of aliphatic carboxylic acids is 1. The van der Waals surface area contributed by atoms with Crippen LogP contribution in [0.2, 0.25) is 0 Å². The summed E-state index contributed by atoms with van der Waals surface area (Å²) in [4.78, 5) is 12.4. The number of nitrogens with one attached hydrogen (secondary N) is 1. The number of guanidine groups is 1. The van der Waals surface area contributed by atoms with Crippen LogP contribution in [0.25, 0.3) is 0 Å². The van der Waals surface area contributed by atoms with Crippen LogP contribution in [0.4, 0.5) is 0 Å². The number of allylic oxidation sites excluding steroid dienone is 1. The predicted octanol–water partition coefficient (Wildman–Crippen LogP) is -0.211. The van der Waals surface area contributed by atoms with Crippen molar-refractivity contribution >= 4 is 11.9 Å². The normalized spacial score (nSPS) is 23.1. The average Bonchev–Trinajstić information content (AvgIpc) is 2.11. The summed E-state index contributed by atoms with van der Waals surface area (Å²) in [5.74, 6) is 4.67. The van der Waals surface area contributed by atoms with Crippen LogP contribution in [-0.2, 0) is 4.79 Å². The molecule has 0 fully saturated rings. The Balaban J connectivity index is 3.24. The third-order valence-electron chi connectivity index (χ3n) is 2.52. The van der Waals surface area contributed by atoms with Gasteiger partial charge in [-0.15, -0.1) is 0 Å². The zero-order valence-corrected chi connectivity index (χ0v) is 8.40. The molecular formula is C8H14N4O2. The van der Waals surface area contributed by atoms with Crippen LogP contribution in [0.3, 0.4) is 0 Å². The van der Waals surface area contributed by atoms with Gasteiger partial charge in [-0.3, -0.25) is 10.4 Å². The van der Waals surface area contributed by atoms with Gasteiger partial charge in [-0.2, -0.15) is 0 Å². The summed E-state index contributed by atoms with van der Waals surface area (Å²) < 4.78 is 0. The lowest BCUT2D eigenvalue weighted by molar-refractivity contribution is -0.133. The maximum absolute atomic E-state index is 10.9. The Kier molecular flexibility index (Phi) is 2.48. The summed E-state index contributed by atoms with van der Waals surface area (Å²) in [6, 6.07) is -0.476. The Labute approximate surface area is 82.1 Å². The average molecular weight is 198 g/mol. The molecule has 1 heterocycles. The Morgan fingerprint density at radius 1 is 1.64 bits per heavy atom. The number of carboxylic acids is 1. The van der Waals surface area contributed by atoms with Crippen LogP contribution >= 0.6 is 0 Å². The van der Waals surface area contributed by atoms with Gasteiger partial charge in [-0.25, -0.2) is 10.6 Å². The van der Waals surface area contributed by atoms with Crippen LogP contribution in [0.15, 0.2) is 11.3 Å². The van der Waals surface area contributed by atoms with Crippen molar-refractivity contribution in [1.29, 1.82) is 5.41 Å². The quantitative estimate of drug-likeness (QED) is 0.507. The molecule has 0 spiro atoms. The van der Waals surface area contributed by atoms with Crippen LogP contribution < -0.4 is 5.84 Å². The number of carbonyl (C=O) groups is 1. The molecule has 78 valence electrons. The molecule has 4 N–H and O–H groups in total. The van der Waals surface area contributed by atoms with Crippen LogP contribution in [-0.4, -0.2) is 40.0 Å². The van der Waals surface area contributed by atoms with E-state index in [2.05, 4.69) is 0 Å². The first kappa shape index (κ1) is 10.5. The topological polar surface area (TPSA) is 93.6 Å². The van der Waals surface area contributed by atoms with Gasteiger partial charge in [-0.05, 0) is 13.8 Å². The summed E-state index contributed by atoms with van der Waals surface area (Å²) in [5.41, 5.74) is 0.780. The third-order valence-corrected chi connectivity index (χ3v) is 2.52. The van der Waals surface area contributed by atoms with E-state index in [4.69, 9.17) is 16.4 Å². The minimum absolute atomic E-state index is 0.0972. The molecule has 6 heteroatoms. The SMILES string of the molecule is CC1=C(C(=O)O)[C@@H](C)N(N)C(=N)N1C. The second kappa shape index (κ2) is 3.30. The zero-order chi connectivity index (χ0) is 11.0. The Hall–Kier alpha value is -1.56. The fourth-order valence-electron chi connectivity index (χ4n) is 1.47. The minimum atomic E-state index is -0.996. The molecule has 1 aliphatic heterocycles. The van der Waals surface area contributed by atoms with Crippen molar-refractivity contribution < 1.29 is 9.90 Å². The molecule has 0 aromatic heterocycles. The predicted molar refractivity (Wildman–Crippen MR) is 51.3 cm³/mol. The number of rotatable bonds is 1. The van der Waals surface area contributed by atoms with Crippen LogP contribution in [0.5, 0.6) is 0 Å². The second-order valence-electron chi connectivity index (χ2n) is 3.27. The first-order valence-electron chi connectivity index (χ1n) is 4.18. The number of hydrazine groups is 1. The van der Waals surface area contributed by atoms with Crippen molar-refractivity contribution in [3.8, 4) is 0 Å². The molecule has 1 rings (SSSR count). The molecule has 0 saturated heterocycles. The summed E-state index contributed by atoms with van der Waals surface area (Å²) in [6.45, 7) is 3.33. The summed E-state index contributed by atoms with van der Waals surface area (Å²) >= 11 is 0. The number of carboxylic acid groups (broad SMARTS) is 1. The van der Waals surface area contributed by atoms with Gasteiger partial charge in [0, 0.05) is 12.7 Å². The Morgan fingerprint density at radius 3 is 2.57 bits per heavy atom. The van der Waals surface area contributed by atoms with Gasteiger partial charge in [0.05, 0.1) is 11.6 Å². The van der Waals surface area contributed by atoms with E-state index in [-0.39, 0.29) is 11.5 Å². The first-order chi connectivity index (χ1) is 6.37. The van der Waals surface area contributed by atoms with E-state index in [1.54, 1.807) is 20.9 Å². The van der Waals surface area contributed by atoms with Crippen molar-refractivity contribution in [2.75, 3.05) is 7.05 Å². The number of nitrogens with two attached hydrogens (primary N) is 1. The van der Waals surface area contributed by atoms with E-state index in [9.17, 15) is 4.79 Å². The highest BCUT2D eigenvalue weighted by Crippen LogP contribution is 2.21. The molecule has 0 aromatic rings. The third kappa shape index (κ3) is 1.33. The molecule has 6 nitrogen and oxygen atoms in total. The highest BCUT2D eigenvalue weighted by atomic mass is 16.4. The maximum atomic E-state index is 10.9. The van der Waals surface area contributed by atoms with Gasteiger partial charge in [0.2, 0.25) is 5.96 Å². The molecule has 0 aliphatic carbocycles. The van der Waals surface area contributed by atoms with Crippen molar-refractivity contribution in [3.05, 3.63) is 11.3 Å². The second-order valence-corrected chi connectivity index (χ2v) is 3.27. The van der Waals surface area contributed by atoms with E-state index in [0.717, 1.165) is 5.01 Å². The standard InChI is InChI=1S/C8H14N4O2/c1-4-6(7(13)14)5(2)12(10)8(9)11(4)3/h5,9H,10H2,1-3H3,(H,13,14)/t5-/m1/s1. The molecule has 1 aliphatic rings. The molecule has 0 amide bonds. The molecule has 0 aromatic carbocycles. The van der Waals surface area contributed by atoms with Gasteiger partial charge in [0.15, 0.2) is 0 Å². The lowest BCUT2D eigenvalue weighted by atomic mass is 10.0. The van der Waals surface area contributed by atoms with Crippen molar-refractivity contribution in [1.82, 2.24) is 9.91 Å². The smallest absolute Gasteiger partial charge is 0.335 e. The van der Waals surface area contributed by atoms with E-state index >= 15 is 0 Å². The van der Waals surface area contributed by atoms with Gasteiger partial charge < -0.3 is 10.0 Å². The largest absolute Gasteiger partial charge is 0.478 e.